The number of hydrogen-bond acceptors (Lipinski definition) is 3. The van der Waals surface area contributed by atoms with Crippen LogP contribution in [0.4, 0.5) is 4.39 Å². The van der Waals surface area contributed by atoms with Gasteiger partial charge < -0.3 is 5.11 Å². The Morgan fingerprint density at radius 2 is 2.00 bits per heavy atom. The Bertz CT molecular complexity index is 407. The molecule has 1 atom stereocenters. The first-order chi connectivity index (χ1) is 9.70. The molecule has 0 bridgehead atoms. The first kappa shape index (κ1) is 15.4. The lowest BCUT2D eigenvalue weighted by molar-refractivity contribution is 0.139. The third-order valence-corrected chi connectivity index (χ3v) is 4.05. The molecule has 112 valence electrons. The predicted molar refractivity (Wildman–Crippen MR) is 79.0 cm³/mol. The molecule has 1 heterocycles. The Labute approximate surface area is 121 Å². The Hall–Kier alpha value is -0.970. The van der Waals surface area contributed by atoms with Crippen LogP contribution in [0.25, 0.3) is 0 Å². The van der Waals surface area contributed by atoms with Crippen molar-refractivity contribution in [3.63, 3.8) is 0 Å². The SMILES string of the molecule is C[C@@H](CN(CCO)Cc1ccccc1F)N1CCCC1. The fraction of sp³-hybridized carbons (Fsp3) is 0.625. The highest BCUT2D eigenvalue weighted by Gasteiger charge is 2.20. The molecule has 0 radical (unpaired) electrons. The fourth-order valence-corrected chi connectivity index (χ4v) is 2.92. The lowest BCUT2D eigenvalue weighted by atomic mass is 10.2. The van der Waals surface area contributed by atoms with E-state index in [1.807, 2.05) is 12.1 Å². The lowest BCUT2D eigenvalue weighted by Crippen LogP contribution is -2.41. The molecule has 1 aliphatic rings. The van der Waals surface area contributed by atoms with Crippen molar-refractivity contribution in [2.24, 2.45) is 0 Å². The Morgan fingerprint density at radius 3 is 2.65 bits per heavy atom. The molecule has 0 aromatic heterocycles. The van der Waals surface area contributed by atoms with E-state index in [0.717, 1.165) is 19.6 Å². The van der Waals surface area contributed by atoms with Crippen molar-refractivity contribution in [2.75, 3.05) is 32.8 Å². The zero-order valence-electron chi connectivity index (χ0n) is 12.3. The highest BCUT2D eigenvalue weighted by molar-refractivity contribution is 5.17. The van der Waals surface area contributed by atoms with E-state index in [-0.39, 0.29) is 12.4 Å². The molecule has 3 nitrogen and oxygen atoms in total. The van der Waals surface area contributed by atoms with Crippen molar-refractivity contribution < 1.29 is 9.50 Å². The zero-order chi connectivity index (χ0) is 14.4. The first-order valence-electron chi connectivity index (χ1n) is 7.51. The smallest absolute Gasteiger partial charge is 0.127 e. The van der Waals surface area contributed by atoms with Crippen molar-refractivity contribution in [3.8, 4) is 0 Å². The van der Waals surface area contributed by atoms with Crippen LogP contribution in [0.3, 0.4) is 0 Å². The molecular weight excluding hydrogens is 255 g/mol. The molecule has 0 saturated carbocycles. The maximum Gasteiger partial charge on any atom is 0.127 e. The monoisotopic (exact) mass is 280 g/mol. The summed E-state index contributed by atoms with van der Waals surface area (Å²) in [4.78, 5) is 4.62. The number of nitrogens with zero attached hydrogens (tertiary/aromatic N) is 2. The summed E-state index contributed by atoms with van der Waals surface area (Å²) in [6, 6.07) is 7.34. The van der Waals surface area contributed by atoms with Gasteiger partial charge in [-0.3, -0.25) is 9.80 Å². The molecule has 2 rings (SSSR count). The number of rotatable bonds is 7. The van der Waals surface area contributed by atoms with E-state index >= 15 is 0 Å². The van der Waals surface area contributed by atoms with Crippen LogP contribution in [-0.2, 0) is 6.54 Å². The summed E-state index contributed by atoms with van der Waals surface area (Å²) in [7, 11) is 0. The van der Waals surface area contributed by atoms with Crippen molar-refractivity contribution in [1.82, 2.24) is 9.80 Å². The van der Waals surface area contributed by atoms with Crippen LogP contribution in [0.5, 0.6) is 0 Å². The maximum atomic E-state index is 13.7. The fourth-order valence-electron chi connectivity index (χ4n) is 2.92. The van der Waals surface area contributed by atoms with Crippen LogP contribution in [0.1, 0.15) is 25.3 Å². The Morgan fingerprint density at radius 1 is 1.30 bits per heavy atom. The second kappa shape index (κ2) is 7.72. The number of aliphatic hydroxyl groups is 1. The lowest BCUT2D eigenvalue weighted by Gasteiger charge is -2.30. The first-order valence-corrected chi connectivity index (χ1v) is 7.51. The topological polar surface area (TPSA) is 26.7 Å². The van der Waals surface area contributed by atoms with Gasteiger partial charge in [0, 0.05) is 31.2 Å². The summed E-state index contributed by atoms with van der Waals surface area (Å²) in [6.07, 6.45) is 2.55. The molecule has 0 unspecified atom stereocenters. The average Bonchev–Trinajstić information content (AvgIpc) is 2.95. The van der Waals surface area contributed by atoms with Crippen LogP contribution in [0, 0.1) is 5.82 Å². The maximum absolute atomic E-state index is 13.7. The Balaban J connectivity index is 1.94. The van der Waals surface area contributed by atoms with Gasteiger partial charge in [0.05, 0.1) is 6.61 Å². The molecule has 0 aliphatic carbocycles. The van der Waals surface area contributed by atoms with Gasteiger partial charge in [-0.2, -0.15) is 0 Å². The summed E-state index contributed by atoms with van der Waals surface area (Å²) < 4.78 is 13.7. The second-order valence-corrected chi connectivity index (χ2v) is 5.64. The van der Waals surface area contributed by atoms with Gasteiger partial charge >= 0.3 is 0 Å². The predicted octanol–water partition coefficient (Wildman–Crippen LogP) is 2.10. The van der Waals surface area contributed by atoms with Gasteiger partial charge in [-0.15, -0.1) is 0 Å². The van der Waals surface area contributed by atoms with Gasteiger partial charge in [0.2, 0.25) is 0 Å². The van der Waals surface area contributed by atoms with Gasteiger partial charge in [-0.25, -0.2) is 4.39 Å². The molecule has 1 aromatic rings. The number of halogens is 1. The van der Waals surface area contributed by atoms with Gasteiger partial charge in [-0.05, 0) is 38.9 Å². The van der Waals surface area contributed by atoms with E-state index in [1.54, 1.807) is 6.07 Å². The van der Waals surface area contributed by atoms with E-state index in [4.69, 9.17) is 0 Å². The number of aliphatic hydroxyl groups excluding tert-OH is 1. The third kappa shape index (κ3) is 4.27. The number of likely N-dealkylation sites (tertiary alicyclic amines) is 1. The van der Waals surface area contributed by atoms with Gasteiger partial charge in [-0.1, -0.05) is 18.2 Å². The van der Waals surface area contributed by atoms with Crippen LogP contribution >= 0.6 is 0 Å². The standard InChI is InChI=1S/C16H25FN2O/c1-14(19-8-4-5-9-19)12-18(10-11-20)13-15-6-2-3-7-16(15)17/h2-3,6-7,14,20H,4-5,8-13H2,1H3/t14-/m0/s1. The summed E-state index contributed by atoms with van der Waals surface area (Å²) in [6.45, 7) is 6.67. The molecule has 1 saturated heterocycles. The molecule has 0 amide bonds. The minimum atomic E-state index is -0.163. The molecule has 0 spiro atoms. The van der Waals surface area contributed by atoms with Gasteiger partial charge in [0.25, 0.3) is 0 Å². The molecule has 4 heteroatoms. The van der Waals surface area contributed by atoms with Gasteiger partial charge in [0.1, 0.15) is 5.82 Å². The highest BCUT2D eigenvalue weighted by atomic mass is 19.1. The van der Waals surface area contributed by atoms with Crippen LogP contribution in [-0.4, -0.2) is 53.7 Å². The summed E-state index contributed by atoms with van der Waals surface area (Å²) in [5, 5.41) is 9.21. The van der Waals surface area contributed by atoms with Gasteiger partial charge in [0.15, 0.2) is 0 Å². The zero-order valence-corrected chi connectivity index (χ0v) is 12.3. The van der Waals surface area contributed by atoms with Crippen molar-refractivity contribution in [2.45, 2.75) is 32.4 Å². The summed E-state index contributed by atoms with van der Waals surface area (Å²) in [5.74, 6) is -0.163. The second-order valence-electron chi connectivity index (χ2n) is 5.64. The van der Waals surface area contributed by atoms with Crippen LogP contribution in [0.2, 0.25) is 0 Å². The normalized spacial score (nSPS) is 17.8. The minimum Gasteiger partial charge on any atom is -0.395 e. The molecule has 1 fully saturated rings. The largest absolute Gasteiger partial charge is 0.395 e. The number of benzene rings is 1. The number of hydrogen-bond donors (Lipinski definition) is 1. The molecule has 1 N–H and O–H groups in total. The molecule has 1 aromatic carbocycles. The molecule has 1 aliphatic heterocycles. The Kier molecular flexibility index (Phi) is 5.95. The van der Waals surface area contributed by atoms with Crippen molar-refractivity contribution in [3.05, 3.63) is 35.6 Å². The molecule has 20 heavy (non-hydrogen) atoms. The van der Waals surface area contributed by atoms with Crippen molar-refractivity contribution in [1.29, 1.82) is 0 Å². The quantitative estimate of drug-likeness (QED) is 0.828. The minimum absolute atomic E-state index is 0.112. The summed E-state index contributed by atoms with van der Waals surface area (Å²) in [5.41, 5.74) is 0.703. The van der Waals surface area contributed by atoms with E-state index in [2.05, 4.69) is 16.7 Å². The van der Waals surface area contributed by atoms with E-state index in [9.17, 15) is 9.50 Å². The summed E-state index contributed by atoms with van der Waals surface area (Å²) >= 11 is 0. The van der Waals surface area contributed by atoms with Crippen LogP contribution in [0.15, 0.2) is 24.3 Å². The van der Waals surface area contributed by atoms with E-state index in [1.165, 1.54) is 18.9 Å². The third-order valence-electron chi connectivity index (χ3n) is 4.05. The van der Waals surface area contributed by atoms with Crippen LogP contribution < -0.4 is 0 Å². The average molecular weight is 280 g/mol. The highest BCUT2D eigenvalue weighted by Crippen LogP contribution is 2.15. The van der Waals surface area contributed by atoms with Crippen molar-refractivity contribution >= 4 is 0 Å². The molecular formula is C16H25FN2O. The van der Waals surface area contributed by atoms with E-state index < -0.39 is 0 Å². The van der Waals surface area contributed by atoms with E-state index in [0.29, 0.717) is 24.7 Å².